The number of imidazole rings is 1. The zero-order valence-corrected chi connectivity index (χ0v) is 9.94. The van der Waals surface area contributed by atoms with Gasteiger partial charge in [0.15, 0.2) is 0 Å². The lowest BCUT2D eigenvalue weighted by Crippen LogP contribution is -2.27. The minimum Gasteiger partial charge on any atom is -0.351 e. The van der Waals surface area contributed by atoms with Gasteiger partial charge in [-0.1, -0.05) is 18.2 Å². The molecule has 0 radical (unpaired) electrons. The van der Waals surface area contributed by atoms with Gasteiger partial charge in [-0.2, -0.15) is 0 Å². The lowest BCUT2D eigenvalue weighted by atomic mass is 10.1. The van der Waals surface area contributed by atoms with Crippen LogP contribution in [0.15, 0.2) is 42.7 Å². The summed E-state index contributed by atoms with van der Waals surface area (Å²) in [4.78, 5) is 4.33. The molecule has 0 bridgehead atoms. The molecule has 0 saturated heterocycles. The van der Waals surface area contributed by atoms with Crippen LogP contribution in [0.4, 0.5) is 5.95 Å². The van der Waals surface area contributed by atoms with Crippen LogP contribution in [-0.2, 0) is 0 Å². The van der Waals surface area contributed by atoms with Gasteiger partial charge in [0.2, 0.25) is 5.95 Å². The third-order valence-corrected chi connectivity index (χ3v) is 2.16. The Morgan fingerprint density at radius 1 is 1.12 bits per heavy atom. The fourth-order valence-electron chi connectivity index (χ4n) is 1.53. The van der Waals surface area contributed by atoms with Crippen LogP contribution in [0.2, 0.25) is 0 Å². The van der Waals surface area contributed by atoms with Crippen LogP contribution in [0.3, 0.4) is 0 Å². The van der Waals surface area contributed by atoms with E-state index in [1.54, 1.807) is 6.20 Å². The third kappa shape index (κ3) is 2.42. The minimum atomic E-state index is 0.0118. The third-order valence-electron chi connectivity index (χ3n) is 2.16. The van der Waals surface area contributed by atoms with Crippen LogP contribution in [0, 0.1) is 0 Å². The largest absolute Gasteiger partial charge is 0.351 e. The number of benzene rings is 1. The molecule has 3 heteroatoms. The molecule has 0 aliphatic carbocycles. The Hall–Kier alpha value is -1.77. The van der Waals surface area contributed by atoms with Crippen molar-refractivity contribution in [2.45, 2.75) is 26.3 Å². The van der Waals surface area contributed by atoms with Crippen LogP contribution < -0.4 is 5.32 Å². The molecule has 2 aromatic rings. The predicted octanol–water partition coefficient (Wildman–Crippen LogP) is 3.08. The molecule has 0 amide bonds. The molecule has 16 heavy (non-hydrogen) atoms. The number of hydrogen-bond acceptors (Lipinski definition) is 2. The average Bonchev–Trinajstić information content (AvgIpc) is 2.64. The van der Waals surface area contributed by atoms with Gasteiger partial charge in [0, 0.05) is 23.6 Å². The number of aromatic nitrogens is 2. The molecule has 3 nitrogen and oxygen atoms in total. The molecule has 2 rings (SSSR count). The molecule has 84 valence electrons. The summed E-state index contributed by atoms with van der Waals surface area (Å²) in [5.41, 5.74) is 1.13. The van der Waals surface area contributed by atoms with Crippen molar-refractivity contribution in [3.8, 4) is 5.69 Å². The molecule has 0 aliphatic heterocycles. The highest BCUT2D eigenvalue weighted by atomic mass is 15.2. The molecular weight excluding hydrogens is 198 g/mol. The predicted molar refractivity (Wildman–Crippen MR) is 66.9 cm³/mol. The van der Waals surface area contributed by atoms with E-state index in [4.69, 9.17) is 0 Å². The zero-order valence-electron chi connectivity index (χ0n) is 9.94. The Balaban J connectivity index is 2.33. The van der Waals surface area contributed by atoms with Crippen molar-refractivity contribution in [3.05, 3.63) is 42.7 Å². The molecule has 1 heterocycles. The highest BCUT2D eigenvalue weighted by Gasteiger charge is 2.13. The highest BCUT2D eigenvalue weighted by molar-refractivity contribution is 5.42. The van der Waals surface area contributed by atoms with Gasteiger partial charge in [-0.25, -0.2) is 4.98 Å². The van der Waals surface area contributed by atoms with Crippen molar-refractivity contribution in [3.63, 3.8) is 0 Å². The number of para-hydroxylation sites is 1. The van der Waals surface area contributed by atoms with Crippen molar-refractivity contribution >= 4 is 5.95 Å². The summed E-state index contributed by atoms with van der Waals surface area (Å²) in [5.74, 6) is 0.874. The van der Waals surface area contributed by atoms with E-state index < -0.39 is 0 Å². The quantitative estimate of drug-likeness (QED) is 0.834. The first-order valence-electron chi connectivity index (χ1n) is 5.43. The number of nitrogens with zero attached hydrogens (tertiary/aromatic N) is 2. The summed E-state index contributed by atoms with van der Waals surface area (Å²) in [5, 5.41) is 3.38. The average molecular weight is 215 g/mol. The van der Waals surface area contributed by atoms with E-state index in [1.807, 2.05) is 29.0 Å². The van der Waals surface area contributed by atoms with E-state index in [1.165, 1.54) is 0 Å². The first kappa shape index (κ1) is 10.7. The fourth-order valence-corrected chi connectivity index (χ4v) is 1.53. The smallest absolute Gasteiger partial charge is 0.207 e. The van der Waals surface area contributed by atoms with Gasteiger partial charge >= 0.3 is 0 Å². The van der Waals surface area contributed by atoms with Gasteiger partial charge < -0.3 is 5.32 Å². The molecule has 1 aromatic heterocycles. The van der Waals surface area contributed by atoms with Crippen LogP contribution >= 0.6 is 0 Å². The van der Waals surface area contributed by atoms with Gasteiger partial charge in [-0.3, -0.25) is 4.57 Å². The van der Waals surface area contributed by atoms with E-state index in [9.17, 15) is 0 Å². The number of hydrogen-bond donors (Lipinski definition) is 1. The molecule has 0 saturated carbocycles. The van der Waals surface area contributed by atoms with E-state index in [0.29, 0.717) is 0 Å². The molecule has 1 N–H and O–H groups in total. The summed E-state index contributed by atoms with van der Waals surface area (Å²) >= 11 is 0. The Kier molecular flexibility index (Phi) is 2.69. The van der Waals surface area contributed by atoms with Crippen molar-refractivity contribution in [2.75, 3.05) is 5.32 Å². The Morgan fingerprint density at radius 2 is 1.81 bits per heavy atom. The zero-order chi connectivity index (χ0) is 11.6. The van der Waals surface area contributed by atoms with Gasteiger partial charge in [-0.05, 0) is 32.9 Å². The molecular formula is C13H17N3. The van der Waals surface area contributed by atoms with E-state index in [0.717, 1.165) is 11.6 Å². The second-order valence-electron chi connectivity index (χ2n) is 4.83. The minimum absolute atomic E-state index is 0.0118. The van der Waals surface area contributed by atoms with Crippen molar-refractivity contribution in [1.29, 1.82) is 0 Å². The molecule has 0 fully saturated rings. The summed E-state index contributed by atoms with van der Waals surface area (Å²) in [7, 11) is 0. The Morgan fingerprint density at radius 3 is 2.44 bits per heavy atom. The maximum atomic E-state index is 4.33. The Labute approximate surface area is 96.1 Å². The second kappa shape index (κ2) is 4.00. The lowest BCUT2D eigenvalue weighted by Gasteiger charge is -2.22. The molecule has 0 atom stereocenters. The number of nitrogens with one attached hydrogen (secondary N) is 1. The van der Waals surface area contributed by atoms with Gasteiger partial charge in [0.25, 0.3) is 0 Å². The topological polar surface area (TPSA) is 29.9 Å². The first-order valence-corrected chi connectivity index (χ1v) is 5.43. The van der Waals surface area contributed by atoms with Crippen molar-refractivity contribution < 1.29 is 0 Å². The lowest BCUT2D eigenvalue weighted by molar-refractivity contribution is 0.624. The van der Waals surface area contributed by atoms with E-state index in [-0.39, 0.29) is 5.54 Å². The maximum Gasteiger partial charge on any atom is 0.207 e. The van der Waals surface area contributed by atoms with Crippen LogP contribution in [0.1, 0.15) is 20.8 Å². The number of anilines is 1. The Bertz CT molecular complexity index is 452. The number of rotatable bonds is 2. The SMILES string of the molecule is CC(C)(C)Nc1nccn1-c1ccccc1. The fraction of sp³-hybridized carbons (Fsp3) is 0.308. The summed E-state index contributed by atoms with van der Waals surface area (Å²) in [6, 6.07) is 10.2. The summed E-state index contributed by atoms with van der Waals surface area (Å²) < 4.78 is 2.05. The summed E-state index contributed by atoms with van der Waals surface area (Å²) in [6.07, 6.45) is 3.77. The summed E-state index contributed by atoms with van der Waals surface area (Å²) in [6.45, 7) is 6.37. The van der Waals surface area contributed by atoms with Crippen LogP contribution in [-0.4, -0.2) is 15.1 Å². The normalized spacial score (nSPS) is 11.4. The van der Waals surface area contributed by atoms with E-state index in [2.05, 4.69) is 43.2 Å². The van der Waals surface area contributed by atoms with Crippen LogP contribution in [0.25, 0.3) is 5.69 Å². The first-order chi connectivity index (χ1) is 7.56. The van der Waals surface area contributed by atoms with Gasteiger partial charge in [0.1, 0.15) is 0 Å². The molecule has 1 aromatic carbocycles. The van der Waals surface area contributed by atoms with Crippen molar-refractivity contribution in [1.82, 2.24) is 9.55 Å². The highest BCUT2D eigenvalue weighted by Crippen LogP contribution is 2.17. The van der Waals surface area contributed by atoms with E-state index >= 15 is 0 Å². The standard InChI is InChI=1S/C13H17N3/c1-13(2,3)15-12-14-9-10-16(12)11-7-5-4-6-8-11/h4-10H,1-3H3,(H,14,15). The molecule has 0 aliphatic rings. The second-order valence-corrected chi connectivity index (χ2v) is 4.83. The van der Waals surface area contributed by atoms with Gasteiger partial charge in [-0.15, -0.1) is 0 Å². The maximum absolute atomic E-state index is 4.33. The molecule has 0 spiro atoms. The monoisotopic (exact) mass is 215 g/mol. The molecule has 0 unspecified atom stereocenters. The van der Waals surface area contributed by atoms with Crippen molar-refractivity contribution in [2.24, 2.45) is 0 Å². The van der Waals surface area contributed by atoms with Crippen LogP contribution in [0.5, 0.6) is 0 Å². The van der Waals surface area contributed by atoms with Gasteiger partial charge in [0.05, 0.1) is 0 Å².